The maximum atomic E-state index is 12.2. The summed E-state index contributed by atoms with van der Waals surface area (Å²) in [5, 5.41) is 0. The highest BCUT2D eigenvalue weighted by molar-refractivity contribution is 5.56. The van der Waals surface area contributed by atoms with Crippen LogP contribution in [0.25, 0.3) is 0 Å². The maximum absolute atomic E-state index is 12.2. The SMILES string of the molecule is NC1Cc2ccccc2N(CCCF)C1. The molecule has 0 saturated carbocycles. The molecule has 0 radical (unpaired) electrons. The molecule has 0 aliphatic carbocycles. The number of nitrogens with two attached hydrogens (primary N) is 1. The summed E-state index contributed by atoms with van der Waals surface area (Å²) in [6, 6.07) is 8.44. The third kappa shape index (κ3) is 2.29. The number of halogens is 1. The lowest BCUT2D eigenvalue weighted by Crippen LogP contribution is -2.43. The summed E-state index contributed by atoms with van der Waals surface area (Å²) in [5.41, 5.74) is 8.49. The molecule has 15 heavy (non-hydrogen) atoms. The number of nitrogens with zero attached hydrogens (tertiary/aromatic N) is 1. The predicted molar refractivity (Wildman–Crippen MR) is 60.9 cm³/mol. The largest absolute Gasteiger partial charge is 0.370 e. The van der Waals surface area contributed by atoms with Gasteiger partial charge in [0.2, 0.25) is 0 Å². The van der Waals surface area contributed by atoms with Crippen molar-refractivity contribution in [2.75, 3.05) is 24.7 Å². The van der Waals surface area contributed by atoms with Crippen molar-refractivity contribution in [2.45, 2.75) is 18.9 Å². The first-order valence-electron chi connectivity index (χ1n) is 5.45. The molecule has 2 N–H and O–H groups in total. The molecule has 1 aliphatic heterocycles. The van der Waals surface area contributed by atoms with E-state index in [2.05, 4.69) is 17.0 Å². The monoisotopic (exact) mass is 208 g/mol. The Morgan fingerprint density at radius 3 is 3.00 bits per heavy atom. The molecule has 1 aromatic rings. The average Bonchev–Trinajstić information content (AvgIpc) is 2.25. The van der Waals surface area contributed by atoms with Crippen LogP contribution in [0, 0.1) is 0 Å². The molecular formula is C12H17FN2. The van der Waals surface area contributed by atoms with Crippen molar-refractivity contribution in [1.82, 2.24) is 0 Å². The highest BCUT2D eigenvalue weighted by Crippen LogP contribution is 2.26. The van der Waals surface area contributed by atoms with Crippen LogP contribution >= 0.6 is 0 Å². The molecule has 0 amide bonds. The third-order valence-corrected chi connectivity index (χ3v) is 2.83. The highest BCUT2D eigenvalue weighted by atomic mass is 19.1. The van der Waals surface area contributed by atoms with E-state index in [4.69, 9.17) is 5.73 Å². The Morgan fingerprint density at radius 2 is 2.20 bits per heavy atom. The molecule has 1 aliphatic rings. The standard InChI is InChI=1S/C12H17FN2/c13-6-3-7-15-9-11(14)8-10-4-1-2-5-12(10)15/h1-2,4-5,11H,3,6-9,14H2. The van der Waals surface area contributed by atoms with Crippen LogP contribution in [0.15, 0.2) is 24.3 Å². The van der Waals surface area contributed by atoms with Crippen LogP contribution in [-0.4, -0.2) is 25.8 Å². The van der Waals surface area contributed by atoms with Gasteiger partial charge in [-0.25, -0.2) is 0 Å². The Balaban J connectivity index is 2.18. The lowest BCUT2D eigenvalue weighted by molar-refractivity contribution is 0.465. The van der Waals surface area contributed by atoms with Gasteiger partial charge in [-0.15, -0.1) is 0 Å². The number of alkyl halides is 1. The van der Waals surface area contributed by atoms with Crippen LogP contribution < -0.4 is 10.6 Å². The molecule has 1 unspecified atom stereocenters. The van der Waals surface area contributed by atoms with E-state index in [9.17, 15) is 4.39 Å². The molecular weight excluding hydrogens is 191 g/mol. The number of para-hydroxylation sites is 1. The summed E-state index contributed by atoms with van der Waals surface area (Å²) in [7, 11) is 0. The lowest BCUT2D eigenvalue weighted by Gasteiger charge is -2.34. The molecule has 0 spiro atoms. The molecule has 82 valence electrons. The third-order valence-electron chi connectivity index (χ3n) is 2.83. The predicted octanol–water partition coefficient (Wildman–Crippen LogP) is 1.74. The van der Waals surface area contributed by atoms with E-state index in [0.717, 1.165) is 19.5 Å². The van der Waals surface area contributed by atoms with Gasteiger partial charge < -0.3 is 10.6 Å². The van der Waals surface area contributed by atoms with Gasteiger partial charge in [0.25, 0.3) is 0 Å². The molecule has 0 aromatic heterocycles. The van der Waals surface area contributed by atoms with Gasteiger partial charge in [-0.3, -0.25) is 4.39 Å². The van der Waals surface area contributed by atoms with E-state index in [1.54, 1.807) is 0 Å². The van der Waals surface area contributed by atoms with E-state index < -0.39 is 0 Å². The van der Waals surface area contributed by atoms with Crippen molar-refractivity contribution in [3.05, 3.63) is 29.8 Å². The molecule has 1 aromatic carbocycles. The van der Waals surface area contributed by atoms with Crippen LogP contribution in [-0.2, 0) is 6.42 Å². The molecule has 0 bridgehead atoms. The lowest BCUT2D eigenvalue weighted by atomic mass is 9.98. The van der Waals surface area contributed by atoms with Gasteiger partial charge in [0.05, 0.1) is 6.67 Å². The minimum absolute atomic E-state index is 0.180. The van der Waals surface area contributed by atoms with Crippen molar-refractivity contribution in [2.24, 2.45) is 5.73 Å². The first kappa shape index (κ1) is 10.4. The van der Waals surface area contributed by atoms with Gasteiger partial charge in [-0.1, -0.05) is 18.2 Å². The number of anilines is 1. The molecule has 1 atom stereocenters. The molecule has 2 rings (SSSR count). The molecule has 0 saturated heterocycles. The maximum Gasteiger partial charge on any atom is 0.0911 e. The van der Waals surface area contributed by atoms with Crippen LogP contribution in [0.1, 0.15) is 12.0 Å². The van der Waals surface area contributed by atoms with E-state index >= 15 is 0 Å². The Labute approximate surface area is 89.9 Å². The zero-order valence-electron chi connectivity index (χ0n) is 8.82. The Bertz CT molecular complexity index is 327. The van der Waals surface area contributed by atoms with Crippen molar-refractivity contribution in [1.29, 1.82) is 0 Å². The summed E-state index contributed by atoms with van der Waals surface area (Å²) < 4.78 is 12.2. The number of rotatable bonds is 3. The normalized spacial score (nSPS) is 20.1. The van der Waals surface area contributed by atoms with Crippen molar-refractivity contribution in [3.63, 3.8) is 0 Å². The fraction of sp³-hybridized carbons (Fsp3) is 0.500. The van der Waals surface area contributed by atoms with E-state index in [1.807, 2.05) is 12.1 Å². The average molecular weight is 208 g/mol. The number of fused-ring (bicyclic) bond motifs is 1. The summed E-state index contributed by atoms with van der Waals surface area (Å²) >= 11 is 0. The zero-order valence-corrected chi connectivity index (χ0v) is 8.82. The van der Waals surface area contributed by atoms with Gasteiger partial charge >= 0.3 is 0 Å². The zero-order chi connectivity index (χ0) is 10.7. The van der Waals surface area contributed by atoms with Crippen molar-refractivity contribution in [3.8, 4) is 0 Å². The number of benzene rings is 1. The summed E-state index contributed by atoms with van der Waals surface area (Å²) in [6.45, 7) is 1.35. The summed E-state index contributed by atoms with van der Waals surface area (Å²) in [4.78, 5) is 2.20. The second-order valence-electron chi connectivity index (χ2n) is 4.08. The van der Waals surface area contributed by atoms with Crippen LogP contribution in [0.5, 0.6) is 0 Å². The van der Waals surface area contributed by atoms with Crippen LogP contribution in [0.3, 0.4) is 0 Å². The first-order valence-corrected chi connectivity index (χ1v) is 5.45. The molecule has 1 heterocycles. The second kappa shape index (κ2) is 4.62. The Morgan fingerprint density at radius 1 is 1.40 bits per heavy atom. The topological polar surface area (TPSA) is 29.3 Å². The molecule has 3 heteroatoms. The van der Waals surface area contributed by atoms with Crippen LogP contribution in [0.2, 0.25) is 0 Å². The van der Waals surface area contributed by atoms with E-state index in [0.29, 0.717) is 6.42 Å². The van der Waals surface area contributed by atoms with Gasteiger partial charge in [-0.05, 0) is 24.5 Å². The second-order valence-corrected chi connectivity index (χ2v) is 4.08. The Kier molecular flexibility index (Phi) is 3.21. The van der Waals surface area contributed by atoms with E-state index in [-0.39, 0.29) is 12.7 Å². The summed E-state index contributed by atoms with van der Waals surface area (Å²) in [6.07, 6.45) is 1.52. The van der Waals surface area contributed by atoms with Crippen LogP contribution in [0.4, 0.5) is 10.1 Å². The fourth-order valence-electron chi connectivity index (χ4n) is 2.18. The number of hydrogen-bond donors (Lipinski definition) is 1. The van der Waals surface area contributed by atoms with Gasteiger partial charge in [0.15, 0.2) is 0 Å². The first-order chi connectivity index (χ1) is 7.31. The Hall–Kier alpha value is -1.09. The van der Waals surface area contributed by atoms with Crippen molar-refractivity contribution >= 4 is 5.69 Å². The fourth-order valence-corrected chi connectivity index (χ4v) is 2.18. The highest BCUT2D eigenvalue weighted by Gasteiger charge is 2.20. The summed E-state index contributed by atoms with van der Waals surface area (Å²) in [5.74, 6) is 0. The quantitative estimate of drug-likeness (QED) is 0.819. The molecule has 2 nitrogen and oxygen atoms in total. The van der Waals surface area contributed by atoms with Gasteiger partial charge in [-0.2, -0.15) is 0 Å². The number of hydrogen-bond acceptors (Lipinski definition) is 2. The molecule has 0 fully saturated rings. The minimum atomic E-state index is -0.256. The van der Waals surface area contributed by atoms with Gasteiger partial charge in [0.1, 0.15) is 0 Å². The van der Waals surface area contributed by atoms with Gasteiger partial charge in [0, 0.05) is 24.8 Å². The van der Waals surface area contributed by atoms with E-state index in [1.165, 1.54) is 11.3 Å². The minimum Gasteiger partial charge on any atom is -0.370 e. The van der Waals surface area contributed by atoms with Crippen molar-refractivity contribution < 1.29 is 4.39 Å². The smallest absolute Gasteiger partial charge is 0.0911 e.